The van der Waals surface area contributed by atoms with Crippen molar-refractivity contribution in [1.29, 1.82) is 0 Å². The monoisotopic (exact) mass is 358 g/mol. The van der Waals surface area contributed by atoms with E-state index >= 15 is 0 Å². The number of hydrogen-bond donors (Lipinski definition) is 1. The van der Waals surface area contributed by atoms with Crippen molar-refractivity contribution in [3.05, 3.63) is 41.3 Å². The van der Waals surface area contributed by atoms with Gasteiger partial charge in [0.2, 0.25) is 0 Å². The average Bonchev–Trinajstić information content (AvgIpc) is 3.44. The van der Waals surface area contributed by atoms with E-state index in [9.17, 15) is 9.90 Å². The SMILES string of the molecule is CSc1ncccc1C(=O)N1CCCn2nc([C@H](O)C3CC3)cc2C1. The molecule has 1 atom stereocenters. The maximum atomic E-state index is 13.0. The van der Waals surface area contributed by atoms with Crippen molar-refractivity contribution in [3.8, 4) is 0 Å². The standard InChI is InChI=1S/C18H22N4O2S/c1-25-17-14(4-2-7-19-17)18(24)21-8-3-9-22-13(11-21)10-15(20-22)16(23)12-5-6-12/h2,4,7,10,12,16,23H,3,5-6,8-9,11H2,1H3/t16-/m1/s1. The molecule has 2 aliphatic rings. The second kappa shape index (κ2) is 6.80. The fourth-order valence-electron chi connectivity index (χ4n) is 3.34. The second-order valence-corrected chi connectivity index (χ2v) is 7.50. The molecule has 2 aromatic rings. The van der Waals surface area contributed by atoms with Gasteiger partial charge in [-0.3, -0.25) is 9.48 Å². The normalized spacial score (nSPS) is 18.6. The summed E-state index contributed by atoms with van der Waals surface area (Å²) in [6.07, 6.45) is 6.19. The van der Waals surface area contributed by atoms with Crippen LogP contribution in [0.2, 0.25) is 0 Å². The van der Waals surface area contributed by atoms with Gasteiger partial charge in [-0.05, 0) is 49.6 Å². The number of aliphatic hydroxyl groups is 1. The van der Waals surface area contributed by atoms with Gasteiger partial charge in [0.05, 0.1) is 23.5 Å². The van der Waals surface area contributed by atoms with E-state index in [1.807, 2.05) is 28.0 Å². The molecule has 3 heterocycles. The summed E-state index contributed by atoms with van der Waals surface area (Å²) in [6.45, 7) is 2.00. The number of aliphatic hydroxyl groups excluding tert-OH is 1. The number of thioether (sulfide) groups is 1. The second-order valence-electron chi connectivity index (χ2n) is 6.71. The molecule has 1 amide bonds. The molecule has 6 nitrogen and oxygen atoms in total. The number of carbonyl (C=O) groups excluding carboxylic acids is 1. The molecule has 2 aromatic heterocycles. The molecule has 0 aromatic carbocycles. The van der Waals surface area contributed by atoms with E-state index in [0.717, 1.165) is 42.2 Å². The van der Waals surface area contributed by atoms with Gasteiger partial charge in [-0.15, -0.1) is 11.8 Å². The molecule has 1 saturated carbocycles. The van der Waals surface area contributed by atoms with Gasteiger partial charge in [0.15, 0.2) is 0 Å². The van der Waals surface area contributed by atoms with Crippen LogP contribution in [0.15, 0.2) is 29.4 Å². The van der Waals surface area contributed by atoms with Crippen LogP contribution in [-0.4, -0.2) is 43.5 Å². The van der Waals surface area contributed by atoms with Gasteiger partial charge in [-0.25, -0.2) is 4.98 Å². The Bertz CT molecular complexity index is 787. The van der Waals surface area contributed by atoms with E-state index in [2.05, 4.69) is 10.1 Å². The quantitative estimate of drug-likeness (QED) is 0.850. The molecule has 132 valence electrons. The fourth-order valence-corrected chi connectivity index (χ4v) is 3.88. The number of aryl methyl sites for hydroxylation is 1. The zero-order valence-corrected chi connectivity index (χ0v) is 15.1. The Kier molecular flexibility index (Phi) is 4.52. The topological polar surface area (TPSA) is 71.2 Å². The lowest BCUT2D eigenvalue weighted by molar-refractivity contribution is 0.0741. The van der Waals surface area contributed by atoms with Gasteiger partial charge in [0.1, 0.15) is 11.1 Å². The number of rotatable bonds is 4. The highest BCUT2D eigenvalue weighted by Crippen LogP contribution is 2.40. The van der Waals surface area contributed by atoms with Gasteiger partial charge in [-0.1, -0.05) is 0 Å². The van der Waals surface area contributed by atoms with Crippen LogP contribution >= 0.6 is 11.8 Å². The number of amides is 1. The number of hydrogen-bond acceptors (Lipinski definition) is 5. The lowest BCUT2D eigenvalue weighted by Crippen LogP contribution is -2.31. The summed E-state index contributed by atoms with van der Waals surface area (Å²) in [5.41, 5.74) is 2.40. The molecule has 0 radical (unpaired) electrons. The summed E-state index contributed by atoms with van der Waals surface area (Å²) in [5.74, 6) is 0.368. The van der Waals surface area contributed by atoms with Gasteiger partial charge in [-0.2, -0.15) is 5.10 Å². The third kappa shape index (κ3) is 3.30. The van der Waals surface area contributed by atoms with E-state index in [0.29, 0.717) is 24.6 Å². The molecule has 4 rings (SSSR count). The Morgan fingerprint density at radius 1 is 1.40 bits per heavy atom. The maximum Gasteiger partial charge on any atom is 0.256 e. The van der Waals surface area contributed by atoms with Gasteiger partial charge in [0.25, 0.3) is 5.91 Å². The van der Waals surface area contributed by atoms with Crippen molar-refractivity contribution in [2.24, 2.45) is 5.92 Å². The lowest BCUT2D eigenvalue weighted by atomic mass is 10.1. The molecule has 1 aliphatic heterocycles. The average molecular weight is 358 g/mol. The van der Waals surface area contributed by atoms with Crippen LogP contribution in [0.1, 0.15) is 47.1 Å². The largest absolute Gasteiger partial charge is 0.386 e. The number of pyridine rings is 1. The highest BCUT2D eigenvalue weighted by Gasteiger charge is 2.33. The van der Waals surface area contributed by atoms with Crippen molar-refractivity contribution in [3.63, 3.8) is 0 Å². The number of aromatic nitrogens is 3. The molecule has 0 spiro atoms. The predicted octanol–water partition coefficient (Wildman–Crippen LogP) is 2.49. The fraction of sp³-hybridized carbons (Fsp3) is 0.500. The Morgan fingerprint density at radius 3 is 3.00 bits per heavy atom. The van der Waals surface area contributed by atoms with E-state index in [-0.39, 0.29) is 5.91 Å². The van der Waals surface area contributed by atoms with Crippen LogP contribution in [-0.2, 0) is 13.1 Å². The Labute approximate surface area is 151 Å². The van der Waals surface area contributed by atoms with E-state index in [1.54, 1.807) is 12.3 Å². The Hall–Kier alpha value is -1.86. The molecular formula is C18H22N4O2S. The Balaban J connectivity index is 1.57. The van der Waals surface area contributed by atoms with Crippen molar-refractivity contribution >= 4 is 17.7 Å². The summed E-state index contributed by atoms with van der Waals surface area (Å²) in [7, 11) is 0. The lowest BCUT2D eigenvalue weighted by Gasteiger charge is -2.20. The molecule has 0 unspecified atom stereocenters. The third-order valence-corrected chi connectivity index (χ3v) is 5.60. The van der Waals surface area contributed by atoms with E-state index < -0.39 is 6.10 Å². The predicted molar refractivity (Wildman–Crippen MR) is 95.3 cm³/mol. The first-order chi connectivity index (χ1) is 12.2. The van der Waals surface area contributed by atoms with Gasteiger partial charge in [0, 0.05) is 19.3 Å². The third-order valence-electron chi connectivity index (χ3n) is 4.89. The van der Waals surface area contributed by atoms with Crippen molar-refractivity contribution < 1.29 is 9.90 Å². The number of fused-ring (bicyclic) bond motifs is 1. The first-order valence-electron chi connectivity index (χ1n) is 8.70. The molecule has 0 bridgehead atoms. The minimum Gasteiger partial charge on any atom is -0.386 e. The smallest absolute Gasteiger partial charge is 0.256 e. The molecule has 0 saturated heterocycles. The minimum absolute atomic E-state index is 0.0105. The highest BCUT2D eigenvalue weighted by molar-refractivity contribution is 7.98. The summed E-state index contributed by atoms with van der Waals surface area (Å²) < 4.78 is 1.95. The van der Waals surface area contributed by atoms with E-state index in [4.69, 9.17) is 0 Å². The van der Waals surface area contributed by atoms with Crippen molar-refractivity contribution in [2.75, 3.05) is 12.8 Å². The van der Waals surface area contributed by atoms with E-state index in [1.165, 1.54) is 11.8 Å². The molecular weight excluding hydrogens is 336 g/mol. The van der Waals surface area contributed by atoms with Crippen LogP contribution in [0, 0.1) is 5.92 Å². The number of carbonyl (C=O) groups is 1. The minimum atomic E-state index is -0.468. The van der Waals surface area contributed by atoms with Crippen LogP contribution in [0.25, 0.3) is 0 Å². The summed E-state index contributed by atoms with van der Waals surface area (Å²) in [4.78, 5) is 19.2. The van der Waals surface area contributed by atoms with Crippen LogP contribution in [0.3, 0.4) is 0 Å². The summed E-state index contributed by atoms with van der Waals surface area (Å²) >= 11 is 1.49. The highest BCUT2D eigenvalue weighted by atomic mass is 32.2. The zero-order chi connectivity index (χ0) is 17.4. The molecule has 1 N–H and O–H groups in total. The molecule has 7 heteroatoms. The zero-order valence-electron chi connectivity index (χ0n) is 14.3. The van der Waals surface area contributed by atoms with Crippen molar-refractivity contribution in [1.82, 2.24) is 19.7 Å². The molecule has 1 fully saturated rings. The first-order valence-corrected chi connectivity index (χ1v) is 9.93. The van der Waals surface area contributed by atoms with Gasteiger partial charge < -0.3 is 10.0 Å². The maximum absolute atomic E-state index is 13.0. The molecule has 25 heavy (non-hydrogen) atoms. The van der Waals surface area contributed by atoms with Gasteiger partial charge >= 0.3 is 0 Å². The summed E-state index contributed by atoms with van der Waals surface area (Å²) in [6, 6.07) is 5.61. The Morgan fingerprint density at radius 2 is 2.24 bits per heavy atom. The van der Waals surface area contributed by atoms with Crippen LogP contribution in [0.5, 0.6) is 0 Å². The van der Waals surface area contributed by atoms with Crippen molar-refractivity contribution in [2.45, 2.75) is 43.5 Å². The summed E-state index contributed by atoms with van der Waals surface area (Å²) in [5, 5.41) is 15.7. The molecule has 1 aliphatic carbocycles. The van der Waals surface area contributed by atoms with Crippen LogP contribution in [0.4, 0.5) is 0 Å². The first kappa shape index (κ1) is 16.6. The number of nitrogens with zero attached hydrogens (tertiary/aromatic N) is 4. The van der Waals surface area contributed by atoms with Crippen LogP contribution < -0.4 is 0 Å².